The van der Waals surface area contributed by atoms with Crippen molar-refractivity contribution in [2.24, 2.45) is 29.6 Å². The average molecular weight is 437 g/mol. The van der Waals surface area contributed by atoms with Gasteiger partial charge in [0.25, 0.3) is 0 Å². The highest BCUT2D eigenvalue weighted by Gasteiger charge is 2.70. The second kappa shape index (κ2) is 6.20. The number of amides is 2. The Morgan fingerprint density at radius 2 is 1.86 bits per heavy atom. The summed E-state index contributed by atoms with van der Waals surface area (Å²) in [6.07, 6.45) is 0.578. The first-order valence-electron chi connectivity index (χ1n) is 10.1. The molecule has 2 saturated carbocycles. The van der Waals surface area contributed by atoms with Crippen LogP contribution in [0.4, 0.5) is 0 Å². The van der Waals surface area contributed by atoms with E-state index in [0.717, 1.165) is 21.2 Å². The Balaban J connectivity index is 1.46. The van der Waals surface area contributed by atoms with E-state index in [-0.39, 0.29) is 69.6 Å². The molecule has 5 rings (SSSR count). The lowest BCUT2D eigenvalue weighted by Crippen LogP contribution is -2.48. The van der Waals surface area contributed by atoms with Crippen molar-refractivity contribution in [3.63, 3.8) is 0 Å². The molecule has 0 spiro atoms. The minimum atomic E-state index is -0.541. The number of rotatable bonds is 3. The van der Waals surface area contributed by atoms with Crippen molar-refractivity contribution < 1.29 is 19.1 Å². The molecule has 1 N–H and O–H groups in total. The van der Waals surface area contributed by atoms with E-state index in [0.29, 0.717) is 0 Å². The number of carbonyl (C=O) groups excluding carboxylic acids is 3. The van der Waals surface area contributed by atoms with Gasteiger partial charge in [-0.15, -0.1) is 11.8 Å². The van der Waals surface area contributed by atoms with Gasteiger partial charge in [0.2, 0.25) is 11.8 Å². The van der Waals surface area contributed by atoms with Crippen LogP contribution < -0.4 is 4.87 Å². The van der Waals surface area contributed by atoms with Gasteiger partial charge in [-0.2, -0.15) is 0 Å². The molecule has 3 fully saturated rings. The summed E-state index contributed by atoms with van der Waals surface area (Å²) in [5.74, 6) is -1.26. The maximum Gasteiger partial charge on any atom is 0.326 e. The summed E-state index contributed by atoms with van der Waals surface area (Å²) in [6, 6.07) is 0. The first-order chi connectivity index (χ1) is 13.6. The van der Waals surface area contributed by atoms with Gasteiger partial charge >= 0.3 is 10.8 Å². The maximum atomic E-state index is 13.2. The number of thiazole rings is 1. The predicted molar refractivity (Wildman–Crippen MR) is 108 cm³/mol. The topological polar surface area (TPSA) is 96.5 Å². The molecule has 2 aliphatic carbocycles. The van der Waals surface area contributed by atoms with Crippen LogP contribution in [-0.2, 0) is 24.5 Å². The SMILES string of the molecule is CC(C)OC(=O)CN1C(=O)[C@@H]2[C@@H]3C[C@H]([C@H]4Sc5[nH]c(=O)sc5C(C)(C)[C@H]34)[C@@H]2C1=O. The molecule has 2 aliphatic heterocycles. The molecule has 4 aliphatic rings. The quantitative estimate of drug-likeness (QED) is 0.575. The van der Waals surface area contributed by atoms with Crippen LogP contribution in [0.3, 0.4) is 0 Å². The third-order valence-corrected chi connectivity index (χ3v) is 9.94. The number of H-pyrrole nitrogens is 1. The summed E-state index contributed by atoms with van der Waals surface area (Å²) in [4.78, 5) is 55.5. The molecule has 0 radical (unpaired) electrons. The van der Waals surface area contributed by atoms with Gasteiger partial charge < -0.3 is 9.72 Å². The van der Waals surface area contributed by atoms with Gasteiger partial charge in [0.05, 0.1) is 23.0 Å². The van der Waals surface area contributed by atoms with E-state index in [1.165, 1.54) is 11.3 Å². The summed E-state index contributed by atoms with van der Waals surface area (Å²) in [5.41, 5.74) is -0.229. The molecular weight excluding hydrogens is 412 g/mol. The number of ether oxygens (including phenoxy) is 1. The van der Waals surface area contributed by atoms with E-state index < -0.39 is 5.97 Å². The van der Waals surface area contributed by atoms with Gasteiger partial charge in [-0.05, 0) is 38.0 Å². The fourth-order valence-electron chi connectivity index (χ4n) is 6.30. The Morgan fingerprint density at radius 3 is 2.52 bits per heavy atom. The summed E-state index contributed by atoms with van der Waals surface area (Å²) >= 11 is 2.93. The number of hydrogen-bond donors (Lipinski definition) is 1. The first kappa shape index (κ1) is 19.4. The summed E-state index contributed by atoms with van der Waals surface area (Å²) in [5, 5.41) is 1.12. The van der Waals surface area contributed by atoms with E-state index in [1.54, 1.807) is 25.6 Å². The van der Waals surface area contributed by atoms with Gasteiger partial charge in [-0.3, -0.25) is 24.1 Å². The second-order valence-corrected chi connectivity index (χ2v) is 11.6. The fraction of sp³-hybridized carbons (Fsp3) is 0.700. The van der Waals surface area contributed by atoms with Gasteiger partial charge in [0, 0.05) is 15.5 Å². The number of carbonyl (C=O) groups is 3. The van der Waals surface area contributed by atoms with Crippen molar-refractivity contribution in [2.45, 2.75) is 55.9 Å². The van der Waals surface area contributed by atoms with Crippen LogP contribution in [0.5, 0.6) is 0 Å². The van der Waals surface area contributed by atoms with Crippen LogP contribution in [0.2, 0.25) is 0 Å². The van der Waals surface area contributed by atoms with Gasteiger partial charge in [-0.25, -0.2) is 0 Å². The molecule has 0 unspecified atom stereocenters. The molecule has 1 aromatic heterocycles. The van der Waals surface area contributed by atoms with E-state index >= 15 is 0 Å². The van der Waals surface area contributed by atoms with E-state index in [1.807, 2.05) is 0 Å². The molecule has 7 nitrogen and oxygen atoms in total. The number of fused-ring (bicyclic) bond motifs is 9. The highest BCUT2D eigenvalue weighted by atomic mass is 32.2. The zero-order valence-electron chi connectivity index (χ0n) is 16.8. The minimum Gasteiger partial charge on any atom is -0.462 e. The van der Waals surface area contributed by atoms with Crippen molar-refractivity contribution in [2.75, 3.05) is 6.54 Å². The predicted octanol–water partition coefficient (Wildman–Crippen LogP) is 2.01. The Morgan fingerprint density at radius 1 is 1.21 bits per heavy atom. The zero-order chi connectivity index (χ0) is 20.8. The number of hydrogen-bond acceptors (Lipinski definition) is 7. The number of thioether (sulfide) groups is 1. The molecule has 2 bridgehead atoms. The van der Waals surface area contributed by atoms with E-state index in [2.05, 4.69) is 18.8 Å². The molecule has 0 aromatic carbocycles. The largest absolute Gasteiger partial charge is 0.462 e. The molecular formula is C20H24N2O5S2. The molecule has 6 atom stereocenters. The van der Waals surface area contributed by atoms with Gasteiger partial charge in [0.15, 0.2) is 0 Å². The Hall–Kier alpha value is -1.61. The van der Waals surface area contributed by atoms with Crippen LogP contribution in [0.25, 0.3) is 0 Å². The van der Waals surface area contributed by atoms with Gasteiger partial charge in [0.1, 0.15) is 6.54 Å². The maximum absolute atomic E-state index is 13.2. The lowest BCUT2D eigenvalue weighted by molar-refractivity contribution is -0.155. The monoisotopic (exact) mass is 436 g/mol. The number of aromatic amines is 1. The lowest BCUT2D eigenvalue weighted by Gasteiger charge is -2.47. The lowest BCUT2D eigenvalue weighted by atomic mass is 9.64. The molecule has 9 heteroatoms. The van der Waals surface area contributed by atoms with Gasteiger partial charge in [-0.1, -0.05) is 25.2 Å². The average Bonchev–Trinajstić information content (AvgIpc) is 3.32. The summed E-state index contributed by atoms with van der Waals surface area (Å²) in [7, 11) is 0. The van der Waals surface area contributed by atoms with Crippen molar-refractivity contribution in [1.82, 2.24) is 9.88 Å². The van der Waals surface area contributed by atoms with Crippen LogP contribution in [0.15, 0.2) is 9.82 Å². The molecule has 2 amide bonds. The van der Waals surface area contributed by atoms with Crippen LogP contribution in [0, 0.1) is 29.6 Å². The summed E-state index contributed by atoms with van der Waals surface area (Å²) < 4.78 is 5.15. The third-order valence-electron chi connectivity index (χ3n) is 7.14. The number of nitrogens with one attached hydrogen (secondary N) is 1. The number of nitrogens with zero attached hydrogens (tertiary/aromatic N) is 1. The standard InChI is InChI=1S/C20H24N2O5S2/c1-7(2)27-10(23)6-22-17(24)11-8-5-9(12(11)18(22)25)14-13(8)20(3,4)15-16(28-14)21-19(26)29-15/h7-9,11-14H,5-6H2,1-4H3,(H,21,26)/t8-,9-,11+,12-,13+,14+/m0/s1. The van der Waals surface area contributed by atoms with Crippen LogP contribution >= 0.6 is 23.1 Å². The number of aromatic nitrogens is 1. The Kier molecular flexibility index (Phi) is 4.14. The first-order valence-corrected chi connectivity index (χ1v) is 11.8. The second-order valence-electron chi connectivity index (χ2n) is 9.42. The van der Waals surface area contributed by atoms with Crippen molar-refractivity contribution >= 4 is 40.9 Å². The smallest absolute Gasteiger partial charge is 0.326 e. The molecule has 29 heavy (non-hydrogen) atoms. The van der Waals surface area contributed by atoms with Crippen molar-refractivity contribution in [1.29, 1.82) is 0 Å². The number of likely N-dealkylation sites (tertiary alicyclic amines) is 1. The summed E-state index contributed by atoms with van der Waals surface area (Å²) in [6.45, 7) is 7.50. The number of imide groups is 1. The van der Waals surface area contributed by atoms with Crippen molar-refractivity contribution in [3.05, 3.63) is 14.5 Å². The Labute approximate surface area is 176 Å². The third kappa shape index (κ3) is 2.55. The molecule has 3 heterocycles. The van der Waals surface area contributed by atoms with Crippen LogP contribution in [0.1, 0.15) is 39.0 Å². The van der Waals surface area contributed by atoms with E-state index in [4.69, 9.17) is 4.74 Å². The molecule has 1 aromatic rings. The highest BCUT2D eigenvalue weighted by molar-refractivity contribution is 8.00. The van der Waals surface area contributed by atoms with Crippen LogP contribution in [-0.4, -0.2) is 45.6 Å². The Bertz CT molecular complexity index is 980. The normalized spacial score (nSPS) is 36.4. The van der Waals surface area contributed by atoms with E-state index in [9.17, 15) is 19.2 Å². The zero-order valence-corrected chi connectivity index (χ0v) is 18.4. The highest BCUT2D eigenvalue weighted by Crippen LogP contribution is 2.68. The van der Waals surface area contributed by atoms with Crippen molar-refractivity contribution in [3.8, 4) is 0 Å². The number of esters is 1. The fourth-order valence-corrected chi connectivity index (χ4v) is 9.45. The minimum absolute atomic E-state index is 0.0508. The molecule has 156 valence electrons. The molecule has 1 saturated heterocycles.